The van der Waals surface area contributed by atoms with E-state index in [4.69, 9.17) is 11.6 Å². The third-order valence-corrected chi connectivity index (χ3v) is 4.90. The number of hydrogen-bond donors (Lipinski definition) is 1. The first-order valence-electron chi connectivity index (χ1n) is 7.89. The molecule has 0 aromatic carbocycles. The maximum Gasteiger partial charge on any atom is 0.0309 e. The van der Waals surface area contributed by atoms with Crippen LogP contribution in [0.2, 0.25) is 0 Å². The van der Waals surface area contributed by atoms with Crippen LogP contribution in [0, 0.1) is 5.92 Å². The zero-order valence-corrected chi connectivity index (χ0v) is 13.3. The molecule has 110 valence electrons. The molecule has 1 aliphatic carbocycles. The van der Waals surface area contributed by atoms with Crippen molar-refractivity contribution in [3.63, 3.8) is 0 Å². The molecule has 0 radical (unpaired) electrons. The van der Waals surface area contributed by atoms with Crippen LogP contribution in [-0.4, -0.2) is 36.1 Å². The van der Waals surface area contributed by atoms with E-state index in [-0.39, 0.29) is 0 Å². The Kier molecular flexibility index (Phi) is 5.73. The van der Waals surface area contributed by atoms with E-state index in [2.05, 4.69) is 30.1 Å². The Labute approximate surface area is 123 Å². The molecule has 1 saturated heterocycles. The van der Waals surface area contributed by atoms with E-state index in [1.807, 2.05) is 0 Å². The van der Waals surface area contributed by atoms with E-state index >= 15 is 0 Å². The molecule has 1 unspecified atom stereocenters. The maximum atomic E-state index is 5.73. The molecule has 1 saturated carbocycles. The van der Waals surface area contributed by atoms with Crippen LogP contribution in [0.15, 0.2) is 11.6 Å². The predicted octanol–water partition coefficient (Wildman–Crippen LogP) is 3.76. The van der Waals surface area contributed by atoms with Crippen LogP contribution in [0.25, 0.3) is 0 Å². The lowest BCUT2D eigenvalue weighted by atomic mass is 9.79. The molecule has 0 aromatic heterocycles. The molecule has 2 nitrogen and oxygen atoms in total. The minimum atomic E-state index is 0.395. The van der Waals surface area contributed by atoms with Crippen LogP contribution in [0.5, 0.6) is 0 Å². The molecule has 19 heavy (non-hydrogen) atoms. The van der Waals surface area contributed by atoms with E-state index in [0.29, 0.717) is 11.6 Å². The molecule has 3 heteroatoms. The molecule has 0 aromatic rings. The Morgan fingerprint density at radius 1 is 1.32 bits per heavy atom. The zero-order chi connectivity index (χ0) is 13.7. The van der Waals surface area contributed by atoms with Gasteiger partial charge in [-0.2, -0.15) is 0 Å². The molecule has 2 fully saturated rings. The van der Waals surface area contributed by atoms with Gasteiger partial charge in [0.05, 0.1) is 0 Å². The highest BCUT2D eigenvalue weighted by molar-refractivity contribution is 6.25. The average molecular weight is 285 g/mol. The topological polar surface area (TPSA) is 15.3 Å². The average Bonchev–Trinajstić information content (AvgIpc) is 2.40. The lowest BCUT2D eigenvalue weighted by Crippen LogP contribution is -2.64. The van der Waals surface area contributed by atoms with Crippen molar-refractivity contribution in [2.24, 2.45) is 5.92 Å². The smallest absolute Gasteiger partial charge is 0.0309 e. The summed E-state index contributed by atoms with van der Waals surface area (Å²) in [5.74, 6) is 0.759. The Morgan fingerprint density at radius 2 is 2.05 bits per heavy atom. The summed E-state index contributed by atoms with van der Waals surface area (Å²) >= 11 is 5.73. The molecule has 2 aliphatic rings. The third kappa shape index (κ3) is 4.21. The van der Waals surface area contributed by atoms with E-state index in [1.165, 1.54) is 45.1 Å². The first-order chi connectivity index (χ1) is 9.15. The Bertz CT molecular complexity index is 295. The summed E-state index contributed by atoms with van der Waals surface area (Å²) in [6.45, 7) is 7.99. The van der Waals surface area contributed by atoms with Gasteiger partial charge in [-0.25, -0.2) is 0 Å². The lowest BCUT2D eigenvalue weighted by Gasteiger charge is -2.50. The molecule has 2 rings (SSSR count). The summed E-state index contributed by atoms with van der Waals surface area (Å²) in [6.07, 6.45) is 10.3. The van der Waals surface area contributed by atoms with Crippen LogP contribution >= 0.6 is 11.6 Å². The maximum absolute atomic E-state index is 5.73. The number of rotatable bonds is 4. The summed E-state index contributed by atoms with van der Waals surface area (Å²) in [6, 6.07) is 0.667. The van der Waals surface area contributed by atoms with Crippen molar-refractivity contribution < 1.29 is 0 Å². The molecular weight excluding hydrogens is 256 g/mol. The number of hydrogen-bond acceptors (Lipinski definition) is 2. The van der Waals surface area contributed by atoms with Crippen molar-refractivity contribution in [2.75, 3.05) is 19.6 Å². The van der Waals surface area contributed by atoms with E-state index < -0.39 is 0 Å². The van der Waals surface area contributed by atoms with Crippen molar-refractivity contribution in [3.8, 4) is 0 Å². The summed E-state index contributed by atoms with van der Waals surface area (Å²) in [7, 11) is 0. The SMILES string of the molecule is CC(C)CC1CNC2(CCCCC2)CN1C/C=C/Cl. The number of piperazine rings is 1. The summed E-state index contributed by atoms with van der Waals surface area (Å²) in [5, 5.41) is 3.90. The molecular formula is C16H29ClN2. The van der Waals surface area contributed by atoms with Gasteiger partial charge in [-0.05, 0) is 25.2 Å². The molecule has 1 N–H and O–H groups in total. The van der Waals surface area contributed by atoms with E-state index in [1.54, 1.807) is 5.54 Å². The molecule has 1 spiro atoms. The lowest BCUT2D eigenvalue weighted by molar-refractivity contribution is 0.0556. The zero-order valence-electron chi connectivity index (χ0n) is 12.5. The van der Waals surface area contributed by atoms with Gasteiger partial charge in [-0.15, -0.1) is 0 Å². The quantitative estimate of drug-likeness (QED) is 0.846. The highest BCUT2D eigenvalue weighted by atomic mass is 35.5. The fourth-order valence-corrected chi connectivity index (χ4v) is 3.85. The highest BCUT2D eigenvalue weighted by Crippen LogP contribution is 2.32. The van der Waals surface area contributed by atoms with E-state index in [0.717, 1.165) is 19.0 Å². The van der Waals surface area contributed by atoms with Crippen molar-refractivity contribution in [2.45, 2.75) is 64.0 Å². The molecule has 0 amide bonds. The van der Waals surface area contributed by atoms with Crippen LogP contribution in [0.4, 0.5) is 0 Å². The standard InChI is InChI=1S/C16H29ClN2/c1-14(2)11-15-12-18-16(7-4-3-5-8-16)13-19(15)10-6-9-17/h6,9,14-15,18H,3-5,7-8,10-13H2,1-2H3/b9-6+. The van der Waals surface area contributed by atoms with Crippen LogP contribution in [0.1, 0.15) is 52.4 Å². The molecule has 1 atom stereocenters. The summed E-state index contributed by atoms with van der Waals surface area (Å²) < 4.78 is 0. The van der Waals surface area contributed by atoms with Crippen molar-refractivity contribution >= 4 is 11.6 Å². The van der Waals surface area contributed by atoms with Crippen LogP contribution in [-0.2, 0) is 0 Å². The first-order valence-corrected chi connectivity index (χ1v) is 8.33. The van der Waals surface area contributed by atoms with Gasteiger partial charge >= 0.3 is 0 Å². The summed E-state index contributed by atoms with van der Waals surface area (Å²) in [4.78, 5) is 2.65. The monoisotopic (exact) mass is 284 g/mol. The number of nitrogens with one attached hydrogen (secondary N) is 1. The molecule has 0 bridgehead atoms. The van der Waals surface area contributed by atoms with Gasteiger partial charge in [0.2, 0.25) is 0 Å². The van der Waals surface area contributed by atoms with Crippen LogP contribution < -0.4 is 5.32 Å². The first kappa shape index (κ1) is 15.3. The Morgan fingerprint density at radius 3 is 2.68 bits per heavy atom. The van der Waals surface area contributed by atoms with Crippen molar-refractivity contribution in [1.82, 2.24) is 10.2 Å². The second kappa shape index (κ2) is 7.10. The Balaban J connectivity index is 2.00. The Hall–Kier alpha value is -0.0500. The van der Waals surface area contributed by atoms with Gasteiger partial charge in [-0.3, -0.25) is 4.90 Å². The van der Waals surface area contributed by atoms with Gasteiger partial charge in [0.25, 0.3) is 0 Å². The number of nitrogens with zero attached hydrogens (tertiary/aromatic N) is 1. The van der Waals surface area contributed by atoms with Gasteiger partial charge in [0.1, 0.15) is 0 Å². The van der Waals surface area contributed by atoms with Gasteiger partial charge < -0.3 is 5.32 Å². The van der Waals surface area contributed by atoms with Crippen molar-refractivity contribution in [1.29, 1.82) is 0 Å². The fourth-order valence-electron chi connectivity index (χ4n) is 3.77. The molecule has 1 aliphatic heterocycles. The van der Waals surface area contributed by atoms with Gasteiger partial charge in [0, 0.05) is 36.8 Å². The van der Waals surface area contributed by atoms with Crippen molar-refractivity contribution in [3.05, 3.63) is 11.6 Å². The van der Waals surface area contributed by atoms with Gasteiger partial charge in [0.15, 0.2) is 0 Å². The fraction of sp³-hybridized carbons (Fsp3) is 0.875. The van der Waals surface area contributed by atoms with Gasteiger partial charge in [-0.1, -0.05) is 50.8 Å². The number of halogens is 1. The van der Waals surface area contributed by atoms with E-state index in [9.17, 15) is 0 Å². The minimum Gasteiger partial charge on any atom is -0.308 e. The third-order valence-electron chi connectivity index (χ3n) is 4.72. The minimum absolute atomic E-state index is 0.395. The van der Waals surface area contributed by atoms with Crippen LogP contribution in [0.3, 0.4) is 0 Å². The largest absolute Gasteiger partial charge is 0.308 e. The normalized spacial score (nSPS) is 28.5. The second-order valence-corrected chi connectivity index (χ2v) is 7.05. The predicted molar refractivity (Wildman–Crippen MR) is 83.6 cm³/mol. The molecule has 1 heterocycles. The summed E-state index contributed by atoms with van der Waals surface area (Å²) in [5.41, 5.74) is 2.06. The second-order valence-electron chi connectivity index (χ2n) is 6.80. The highest BCUT2D eigenvalue weighted by Gasteiger charge is 2.39.